The summed E-state index contributed by atoms with van der Waals surface area (Å²) in [6, 6.07) is -1.85. The predicted molar refractivity (Wildman–Crippen MR) is 112 cm³/mol. The molecule has 2 amide bonds. The van der Waals surface area contributed by atoms with Crippen LogP contribution in [0.3, 0.4) is 0 Å². The van der Waals surface area contributed by atoms with E-state index in [-0.39, 0.29) is 42.8 Å². The summed E-state index contributed by atoms with van der Waals surface area (Å²) < 4.78 is 0. The fourth-order valence-electron chi connectivity index (χ4n) is 3.85. The standard InChI is InChI=1S/C19H35N7O4/c1-2-3-5-13-17(29)25-14(8-23-13)16(28)10-26-9-12(11-27)24-18(30)15(26)6-4-7-22-19(20)21/h12-15,23,27H,2-11H2,1H3,(H,24,30)(H,25,29)(H4,20,21,22)/t12-,13+,14-,15+/m1/s1. The maximum absolute atomic E-state index is 12.9. The third-order valence-corrected chi connectivity index (χ3v) is 5.53. The smallest absolute Gasteiger partial charge is 0.237 e. The molecule has 0 spiro atoms. The Balaban J connectivity index is 1.94. The lowest BCUT2D eigenvalue weighted by Gasteiger charge is -2.39. The van der Waals surface area contributed by atoms with E-state index in [2.05, 4.69) is 28.2 Å². The van der Waals surface area contributed by atoms with Gasteiger partial charge in [0.2, 0.25) is 11.8 Å². The molecule has 11 heteroatoms. The minimum atomic E-state index is -0.632. The van der Waals surface area contributed by atoms with Crippen LogP contribution in [0.5, 0.6) is 0 Å². The van der Waals surface area contributed by atoms with Crippen molar-refractivity contribution in [1.82, 2.24) is 26.2 Å². The van der Waals surface area contributed by atoms with E-state index >= 15 is 0 Å². The monoisotopic (exact) mass is 425 g/mol. The maximum Gasteiger partial charge on any atom is 0.237 e. The third-order valence-electron chi connectivity index (χ3n) is 5.53. The Morgan fingerprint density at radius 2 is 2.03 bits per heavy atom. The number of aliphatic hydroxyl groups is 1. The van der Waals surface area contributed by atoms with E-state index in [1.807, 2.05) is 0 Å². The van der Waals surface area contributed by atoms with Crippen LogP contribution < -0.4 is 27.0 Å². The normalized spacial score (nSPS) is 27.3. The van der Waals surface area contributed by atoms with Crippen molar-refractivity contribution in [1.29, 1.82) is 5.41 Å². The molecule has 2 saturated heterocycles. The van der Waals surface area contributed by atoms with Crippen LogP contribution in [0.15, 0.2) is 0 Å². The zero-order valence-corrected chi connectivity index (χ0v) is 17.6. The molecule has 0 unspecified atom stereocenters. The summed E-state index contributed by atoms with van der Waals surface area (Å²) >= 11 is 0. The number of Topliss-reactive ketones (excluding diaryl/α,β-unsaturated/α-hetero) is 1. The molecule has 0 aliphatic carbocycles. The van der Waals surface area contributed by atoms with Gasteiger partial charge in [0.05, 0.1) is 31.3 Å². The first-order chi connectivity index (χ1) is 14.3. The van der Waals surface area contributed by atoms with Gasteiger partial charge in [0, 0.05) is 19.6 Å². The molecule has 0 aromatic rings. The van der Waals surface area contributed by atoms with Gasteiger partial charge in [0.1, 0.15) is 6.04 Å². The van der Waals surface area contributed by atoms with E-state index in [0.29, 0.717) is 32.5 Å². The number of guanidine groups is 1. The van der Waals surface area contributed by atoms with Crippen LogP contribution in [0.1, 0.15) is 39.0 Å². The van der Waals surface area contributed by atoms with Crippen molar-refractivity contribution in [3.63, 3.8) is 0 Å². The second kappa shape index (κ2) is 11.8. The summed E-state index contributed by atoms with van der Waals surface area (Å²) in [5, 5.41) is 28.1. The highest BCUT2D eigenvalue weighted by Gasteiger charge is 2.37. The number of hydrogen-bond donors (Lipinski definition) is 7. The second-order valence-corrected chi connectivity index (χ2v) is 7.95. The predicted octanol–water partition coefficient (Wildman–Crippen LogP) is -2.37. The number of nitrogens with zero attached hydrogens (tertiary/aromatic N) is 1. The molecule has 0 aromatic carbocycles. The van der Waals surface area contributed by atoms with Gasteiger partial charge in [-0.15, -0.1) is 0 Å². The maximum atomic E-state index is 12.9. The Bertz CT molecular complexity index is 630. The number of ketones is 1. The molecule has 30 heavy (non-hydrogen) atoms. The lowest BCUT2D eigenvalue weighted by molar-refractivity contribution is -0.136. The minimum absolute atomic E-state index is 0.0149. The molecule has 2 fully saturated rings. The molecule has 0 bridgehead atoms. The zero-order chi connectivity index (χ0) is 22.1. The average molecular weight is 426 g/mol. The van der Waals surface area contributed by atoms with Crippen molar-refractivity contribution in [3.05, 3.63) is 0 Å². The fraction of sp³-hybridized carbons (Fsp3) is 0.789. The molecule has 0 radical (unpaired) electrons. The number of unbranched alkanes of at least 4 members (excludes halogenated alkanes) is 1. The van der Waals surface area contributed by atoms with E-state index in [9.17, 15) is 19.5 Å². The summed E-state index contributed by atoms with van der Waals surface area (Å²) in [4.78, 5) is 39.4. The van der Waals surface area contributed by atoms with E-state index in [0.717, 1.165) is 19.3 Å². The molecule has 170 valence electrons. The van der Waals surface area contributed by atoms with Crippen LogP contribution in [0.25, 0.3) is 0 Å². The summed E-state index contributed by atoms with van der Waals surface area (Å²) in [6.07, 6.45) is 3.75. The number of nitrogens with two attached hydrogens (primary N) is 1. The number of carbonyl (C=O) groups is 3. The summed E-state index contributed by atoms with van der Waals surface area (Å²) in [7, 11) is 0. The van der Waals surface area contributed by atoms with Crippen LogP contribution >= 0.6 is 0 Å². The van der Waals surface area contributed by atoms with Crippen molar-refractivity contribution >= 4 is 23.6 Å². The van der Waals surface area contributed by atoms with Crippen molar-refractivity contribution in [2.75, 3.05) is 32.8 Å². The quantitative estimate of drug-likeness (QED) is 0.109. The molecule has 0 aromatic heterocycles. The van der Waals surface area contributed by atoms with Crippen LogP contribution in [-0.4, -0.2) is 90.5 Å². The van der Waals surface area contributed by atoms with Gasteiger partial charge >= 0.3 is 0 Å². The van der Waals surface area contributed by atoms with Crippen LogP contribution in [0, 0.1) is 5.41 Å². The molecule has 11 nitrogen and oxygen atoms in total. The number of aliphatic hydroxyl groups excluding tert-OH is 1. The number of piperazine rings is 2. The molecular formula is C19H35N7O4. The lowest BCUT2D eigenvalue weighted by atomic mass is 10.00. The molecule has 0 saturated carbocycles. The van der Waals surface area contributed by atoms with Gasteiger partial charge in [0.25, 0.3) is 0 Å². The number of carbonyl (C=O) groups excluding carboxylic acids is 3. The Morgan fingerprint density at radius 3 is 2.67 bits per heavy atom. The van der Waals surface area contributed by atoms with E-state index < -0.39 is 18.1 Å². The first kappa shape index (κ1) is 24.0. The highest BCUT2D eigenvalue weighted by Crippen LogP contribution is 2.15. The highest BCUT2D eigenvalue weighted by molar-refractivity contribution is 5.94. The SMILES string of the molecule is CCCC[C@@H]1NC[C@H](C(=O)CN2C[C@H](CO)NC(=O)[C@@H]2CCCNC(=N)N)NC1=O. The average Bonchev–Trinajstić information content (AvgIpc) is 2.71. The summed E-state index contributed by atoms with van der Waals surface area (Å²) in [5.41, 5.74) is 5.27. The topological polar surface area (TPSA) is 173 Å². The number of hydrogen-bond acceptors (Lipinski definition) is 7. The Morgan fingerprint density at radius 1 is 1.27 bits per heavy atom. The van der Waals surface area contributed by atoms with Crippen LogP contribution in [0.4, 0.5) is 0 Å². The molecule has 4 atom stereocenters. The largest absolute Gasteiger partial charge is 0.394 e. The van der Waals surface area contributed by atoms with Gasteiger partial charge < -0.3 is 32.1 Å². The highest BCUT2D eigenvalue weighted by atomic mass is 16.3. The van der Waals surface area contributed by atoms with E-state index in [4.69, 9.17) is 11.1 Å². The summed E-state index contributed by atoms with van der Waals surface area (Å²) in [5.74, 6) is -0.692. The van der Waals surface area contributed by atoms with Crippen molar-refractivity contribution in [3.8, 4) is 0 Å². The minimum Gasteiger partial charge on any atom is -0.394 e. The lowest BCUT2D eigenvalue weighted by Crippen LogP contribution is -2.65. The van der Waals surface area contributed by atoms with Gasteiger partial charge in [-0.05, 0) is 19.3 Å². The first-order valence-corrected chi connectivity index (χ1v) is 10.6. The number of rotatable bonds is 11. The van der Waals surface area contributed by atoms with Crippen molar-refractivity contribution in [2.45, 2.75) is 63.2 Å². The zero-order valence-electron chi connectivity index (χ0n) is 17.6. The van der Waals surface area contributed by atoms with Gasteiger partial charge in [-0.3, -0.25) is 24.7 Å². The van der Waals surface area contributed by atoms with Gasteiger partial charge in [-0.1, -0.05) is 19.8 Å². The van der Waals surface area contributed by atoms with Crippen molar-refractivity contribution < 1.29 is 19.5 Å². The number of nitrogens with one attached hydrogen (secondary N) is 5. The number of amides is 2. The second-order valence-electron chi connectivity index (χ2n) is 7.95. The molecule has 2 aliphatic heterocycles. The fourth-order valence-corrected chi connectivity index (χ4v) is 3.85. The molecule has 2 aliphatic rings. The summed E-state index contributed by atoms with van der Waals surface area (Å²) in [6.45, 7) is 3.04. The van der Waals surface area contributed by atoms with Crippen LogP contribution in [-0.2, 0) is 14.4 Å². The Kier molecular flexibility index (Phi) is 9.47. The first-order valence-electron chi connectivity index (χ1n) is 10.6. The van der Waals surface area contributed by atoms with E-state index in [1.165, 1.54) is 0 Å². The molecule has 8 N–H and O–H groups in total. The van der Waals surface area contributed by atoms with Gasteiger partial charge in [-0.2, -0.15) is 0 Å². The molecule has 2 heterocycles. The van der Waals surface area contributed by atoms with Crippen molar-refractivity contribution in [2.24, 2.45) is 5.73 Å². The molecular weight excluding hydrogens is 390 g/mol. The third kappa shape index (κ3) is 6.92. The van der Waals surface area contributed by atoms with Gasteiger partial charge in [0.15, 0.2) is 11.7 Å². The Labute approximate surface area is 177 Å². The Hall–Kier alpha value is -2.24. The van der Waals surface area contributed by atoms with Gasteiger partial charge in [-0.25, -0.2) is 0 Å². The molecule has 2 rings (SSSR count). The van der Waals surface area contributed by atoms with E-state index in [1.54, 1.807) is 4.90 Å². The van der Waals surface area contributed by atoms with Crippen LogP contribution in [0.2, 0.25) is 0 Å².